The van der Waals surface area contributed by atoms with Crippen LogP contribution >= 0.6 is 23.2 Å². The van der Waals surface area contributed by atoms with E-state index in [0.29, 0.717) is 34.3 Å². The molecule has 0 radical (unpaired) electrons. The molecule has 7 heteroatoms. The Balaban J connectivity index is 1.27. The van der Waals surface area contributed by atoms with Crippen LogP contribution in [0.1, 0.15) is 26.3 Å². The second kappa shape index (κ2) is 10.8. The lowest BCUT2D eigenvalue weighted by molar-refractivity contribution is 0.0638. The summed E-state index contributed by atoms with van der Waals surface area (Å²) in [7, 11) is 0. The minimum atomic E-state index is -0.116. The number of carbonyl (C=O) groups excluding carboxylic acids is 2. The summed E-state index contributed by atoms with van der Waals surface area (Å²) in [5.74, 6) is -0.157. The van der Waals surface area contributed by atoms with Crippen LogP contribution < -0.4 is 5.32 Å². The molecule has 1 N–H and O–H groups in total. The molecule has 1 aliphatic heterocycles. The Labute approximate surface area is 203 Å². The van der Waals surface area contributed by atoms with E-state index in [2.05, 4.69) is 16.3 Å². The molecule has 3 aromatic carbocycles. The fourth-order valence-corrected chi connectivity index (χ4v) is 4.45. The van der Waals surface area contributed by atoms with E-state index >= 15 is 0 Å². The lowest BCUT2D eigenvalue weighted by Crippen LogP contribution is -2.49. The van der Waals surface area contributed by atoms with E-state index < -0.39 is 0 Å². The van der Waals surface area contributed by atoms with Gasteiger partial charge in [-0.15, -0.1) is 0 Å². The molecule has 1 fully saturated rings. The van der Waals surface area contributed by atoms with E-state index in [-0.39, 0.29) is 11.8 Å². The predicted molar refractivity (Wildman–Crippen MR) is 133 cm³/mol. The third-order valence-electron chi connectivity index (χ3n) is 5.71. The van der Waals surface area contributed by atoms with Crippen molar-refractivity contribution in [3.63, 3.8) is 0 Å². The van der Waals surface area contributed by atoms with Crippen LogP contribution in [0.2, 0.25) is 10.0 Å². The van der Waals surface area contributed by atoms with Crippen molar-refractivity contribution >= 4 is 40.7 Å². The van der Waals surface area contributed by atoms with Crippen LogP contribution in [-0.2, 0) is 6.42 Å². The van der Waals surface area contributed by atoms with Gasteiger partial charge in [-0.05, 0) is 54.4 Å². The number of nitrogens with zero attached hydrogens (tertiary/aromatic N) is 2. The third kappa shape index (κ3) is 6.35. The average Bonchev–Trinajstić information content (AvgIpc) is 2.83. The Morgan fingerprint density at radius 1 is 0.788 bits per heavy atom. The average molecular weight is 482 g/mol. The number of nitrogens with one attached hydrogen (secondary N) is 1. The number of hydrogen-bond acceptors (Lipinski definition) is 3. The molecule has 1 heterocycles. The first-order valence-electron chi connectivity index (χ1n) is 10.9. The first kappa shape index (κ1) is 23.3. The van der Waals surface area contributed by atoms with E-state index in [9.17, 15) is 9.59 Å². The third-order valence-corrected chi connectivity index (χ3v) is 6.14. The largest absolute Gasteiger partial charge is 0.336 e. The highest BCUT2D eigenvalue weighted by Crippen LogP contribution is 2.21. The highest BCUT2D eigenvalue weighted by atomic mass is 35.5. The second-order valence-corrected chi connectivity index (χ2v) is 8.94. The smallest absolute Gasteiger partial charge is 0.255 e. The van der Waals surface area contributed by atoms with E-state index in [1.54, 1.807) is 30.3 Å². The number of anilines is 1. The molecule has 5 nitrogen and oxygen atoms in total. The summed E-state index contributed by atoms with van der Waals surface area (Å²) in [6.07, 6.45) is 0.868. The number of halogens is 2. The van der Waals surface area contributed by atoms with Gasteiger partial charge in [-0.1, -0.05) is 53.5 Å². The molecule has 1 saturated heterocycles. The van der Waals surface area contributed by atoms with Crippen LogP contribution in [0.5, 0.6) is 0 Å². The molecule has 0 atom stereocenters. The molecule has 0 saturated carbocycles. The number of piperazine rings is 1. The topological polar surface area (TPSA) is 52.7 Å². The number of hydrogen-bond donors (Lipinski definition) is 1. The van der Waals surface area contributed by atoms with Crippen LogP contribution in [0.4, 0.5) is 5.69 Å². The number of amides is 2. The molecule has 0 spiro atoms. The summed E-state index contributed by atoms with van der Waals surface area (Å²) in [5.41, 5.74) is 3.11. The van der Waals surface area contributed by atoms with Crippen LogP contribution in [0.3, 0.4) is 0 Å². The zero-order valence-electron chi connectivity index (χ0n) is 18.1. The minimum Gasteiger partial charge on any atom is -0.336 e. The van der Waals surface area contributed by atoms with Gasteiger partial charge in [0, 0.05) is 59.6 Å². The molecule has 4 rings (SSSR count). The van der Waals surface area contributed by atoms with Crippen LogP contribution in [-0.4, -0.2) is 54.3 Å². The SMILES string of the molecule is O=C(Nc1cccc(CCN2CCN(C(=O)c3cc(Cl)cc(Cl)c3)CC2)c1)c1ccccc1. The Kier molecular flexibility index (Phi) is 7.65. The standard InChI is InChI=1S/C26H25Cl2N3O2/c27-22-16-21(17-23(28)18-22)26(33)31-13-11-30(12-14-31)10-9-19-5-4-8-24(15-19)29-25(32)20-6-2-1-3-7-20/h1-8,15-18H,9-14H2,(H,29,32). The molecule has 0 aromatic heterocycles. The van der Waals surface area contributed by atoms with Crippen molar-refractivity contribution in [2.24, 2.45) is 0 Å². The van der Waals surface area contributed by atoms with Gasteiger partial charge in [-0.3, -0.25) is 14.5 Å². The lowest BCUT2D eigenvalue weighted by atomic mass is 10.1. The number of benzene rings is 3. The van der Waals surface area contributed by atoms with E-state index in [0.717, 1.165) is 37.3 Å². The van der Waals surface area contributed by atoms with Crippen molar-refractivity contribution in [3.8, 4) is 0 Å². The first-order valence-corrected chi connectivity index (χ1v) is 11.7. The van der Waals surface area contributed by atoms with Gasteiger partial charge in [0.2, 0.25) is 0 Å². The van der Waals surface area contributed by atoms with Gasteiger partial charge < -0.3 is 10.2 Å². The van der Waals surface area contributed by atoms with Gasteiger partial charge in [0.15, 0.2) is 0 Å². The van der Waals surface area contributed by atoms with Crippen molar-refractivity contribution in [2.45, 2.75) is 6.42 Å². The van der Waals surface area contributed by atoms with Gasteiger partial charge >= 0.3 is 0 Å². The summed E-state index contributed by atoms with van der Waals surface area (Å²) in [6, 6.07) is 22.1. The van der Waals surface area contributed by atoms with Crippen molar-refractivity contribution in [2.75, 3.05) is 38.0 Å². The molecule has 2 amide bonds. The monoisotopic (exact) mass is 481 g/mol. The Hall–Kier alpha value is -2.86. The summed E-state index contributed by atoms with van der Waals surface area (Å²) in [4.78, 5) is 29.4. The maximum Gasteiger partial charge on any atom is 0.255 e. The van der Waals surface area contributed by atoms with E-state index in [1.165, 1.54) is 0 Å². The van der Waals surface area contributed by atoms with Gasteiger partial charge in [-0.2, -0.15) is 0 Å². The lowest BCUT2D eigenvalue weighted by Gasteiger charge is -2.34. The minimum absolute atomic E-state index is 0.0408. The summed E-state index contributed by atoms with van der Waals surface area (Å²) in [5, 5.41) is 3.89. The molecular weight excluding hydrogens is 457 g/mol. The number of rotatable bonds is 6. The van der Waals surface area contributed by atoms with E-state index in [4.69, 9.17) is 23.2 Å². The molecular formula is C26H25Cl2N3O2. The van der Waals surface area contributed by atoms with E-state index in [1.807, 2.05) is 41.3 Å². The zero-order chi connectivity index (χ0) is 23.2. The fraction of sp³-hybridized carbons (Fsp3) is 0.231. The quantitative estimate of drug-likeness (QED) is 0.523. The van der Waals surface area contributed by atoms with Gasteiger partial charge in [0.05, 0.1) is 0 Å². The molecule has 0 unspecified atom stereocenters. The van der Waals surface area contributed by atoms with Crippen LogP contribution in [0.15, 0.2) is 72.8 Å². The summed E-state index contributed by atoms with van der Waals surface area (Å²) >= 11 is 12.1. The van der Waals surface area contributed by atoms with Gasteiger partial charge in [0.1, 0.15) is 0 Å². The maximum absolute atomic E-state index is 12.8. The summed E-state index contributed by atoms with van der Waals surface area (Å²) < 4.78 is 0. The normalized spacial score (nSPS) is 14.2. The maximum atomic E-state index is 12.8. The van der Waals surface area contributed by atoms with Crippen molar-refractivity contribution in [1.29, 1.82) is 0 Å². The van der Waals surface area contributed by atoms with Gasteiger partial charge in [0.25, 0.3) is 11.8 Å². The molecule has 0 aliphatic carbocycles. The molecule has 1 aliphatic rings. The Morgan fingerprint density at radius 2 is 1.48 bits per heavy atom. The second-order valence-electron chi connectivity index (χ2n) is 8.06. The van der Waals surface area contributed by atoms with Crippen LogP contribution in [0, 0.1) is 0 Å². The van der Waals surface area contributed by atoms with Crippen molar-refractivity contribution < 1.29 is 9.59 Å². The molecule has 0 bridgehead atoms. The van der Waals surface area contributed by atoms with Gasteiger partial charge in [-0.25, -0.2) is 0 Å². The highest BCUT2D eigenvalue weighted by molar-refractivity contribution is 6.35. The molecule has 3 aromatic rings. The Bertz CT molecular complexity index is 1110. The molecule has 170 valence electrons. The first-order chi connectivity index (χ1) is 16.0. The van der Waals surface area contributed by atoms with Crippen LogP contribution in [0.25, 0.3) is 0 Å². The number of carbonyl (C=O) groups is 2. The Morgan fingerprint density at radius 3 is 2.18 bits per heavy atom. The highest BCUT2D eigenvalue weighted by Gasteiger charge is 2.22. The summed E-state index contributed by atoms with van der Waals surface area (Å²) in [6.45, 7) is 3.84. The fourth-order valence-electron chi connectivity index (χ4n) is 3.92. The van der Waals surface area contributed by atoms with Crippen molar-refractivity contribution in [3.05, 3.63) is 99.5 Å². The predicted octanol–water partition coefficient (Wildman–Crippen LogP) is 5.25. The molecule has 33 heavy (non-hydrogen) atoms. The van der Waals surface area contributed by atoms with Crippen molar-refractivity contribution in [1.82, 2.24) is 9.80 Å². The zero-order valence-corrected chi connectivity index (χ0v) is 19.6.